The van der Waals surface area contributed by atoms with Gasteiger partial charge in [-0.1, -0.05) is 23.7 Å². The van der Waals surface area contributed by atoms with Crippen molar-refractivity contribution in [3.8, 4) is 5.00 Å². The van der Waals surface area contributed by atoms with Crippen molar-refractivity contribution in [3.63, 3.8) is 0 Å². The molecule has 2 aromatic heterocycles. The number of benzene rings is 1. The molecule has 10 heteroatoms. The number of nitrogens with zero attached hydrogens (tertiary/aromatic N) is 4. The van der Waals surface area contributed by atoms with Gasteiger partial charge in [0.25, 0.3) is 11.6 Å². The van der Waals surface area contributed by atoms with Gasteiger partial charge in [0.15, 0.2) is 5.00 Å². The van der Waals surface area contributed by atoms with Gasteiger partial charge in [0.1, 0.15) is 6.04 Å². The maximum absolute atomic E-state index is 13.0. The van der Waals surface area contributed by atoms with Crippen molar-refractivity contribution in [1.29, 1.82) is 0 Å². The molecular weight excluding hydrogens is 484 g/mol. The number of carbonyl (C=O) groups is 1. The summed E-state index contributed by atoms with van der Waals surface area (Å²) >= 11 is 7.91. The summed E-state index contributed by atoms with van der Waals surface area (Å²) in [4.78, 5) is 19.4. The minimum absolute atomic E-state index is 0.0741. The predicted octanol–water partition coefficient (Wildman–Crippen LogP) is 2.97. The Balaban J connectivity index is 1.72. The summed E-state index contributed by atoms with van der Waals surface area (Å²) in [5, 5.41) is 12.4. The molecule has 1 aliphatic rings. The van der Waals surface area contributed by atoms with E-state index in [9.17, 15) is 4.79 Å². The third-order valence-corrected chi connectivity index (χ3v) is 7.57. The third-order valence-electron chi connectivity index (χ3n) is 6.13. The predicted molar refractivity (Wildman–Crippen MR) is 139 cm³/mol. The molecule has 3 heterocycles. The molecule has 0 aliphatic carbocycles. The van der Waals surface area contributed by atoms with Crippen LogP contribution in [0.15, 0.2) is 29.3 Å². The number of rotatable bonds is 9. The van der Waals surface area contributed by atoms with Gasteiger partial charge in [0.2, 0.25) is 5.91 Å². The highest BCUT2D eigenvalue weighted by Gasteiger charge is 2.38. The Hall–Kier alpha value is -2.59. The second-order valence-electron chi connectivity index (χ2n) is 8.60. The fraction of sp³-hybridized carbons (Fsp3) is 0.440. The number of aromatic nitrogens is 3. The smallest absolute Gasteiger partial charge is 0.280 e. The van der Waals surface area contributed by atoms with Gasteiger partial charge < -0.3 is 15.4 Å². The molecule has 3 aromatic rings. The standard InChI is InChI=1S/C25H31ClN6O2S/c1-15-16(2)35-25-22(15)23(18-6-8-19(26)9-7-18)29-20(24-31(5)30-17(3)32(24)25)14-21(33)28-11-13-34-12-10-27-4/h6-9,20,27H,10-14H2,1-5H3/p+1/t20-/m0/s1. The van der Waals surface area contributed by atoms with Gasteiger partial charge in [-0.15, -0.1) is 16.0 Å². The van der Waals surface area contributed by atoms with E-state index in [1.165, 1.54) is 10.4 Å². The molecule has 1 aromatic carbocycles. The normalized spacial score (nSPS) is 14.8. The summed E-state index contributed by atoms with van der Waals surface area (Å²) in [7, 11) is 3.79. The molecule has 1 amide bonds. The van der Waals surface area contributed by atoms with Crippen LogP contribution >= 0.6 is 22.9 Å². The number of nitrogens with one attached hydrogen (secondary N) is 2. The maximum Gasteiger partial charge on any atom is 0.280 e. The van der Waals surface area contributed by atoms with E-state index in [0.29, 0.717) is 24.8 Å². The third kappa shape index (κ3) is 5.33. The lowest BCUT2D eigenvalue weighted by Gasteiger charge is -2.12. The molecule has 0 radical (unpaired) electrons. The molecule has 4 rings (SSSR count). The highest BCUT2D eigenvalue weighted by Crippen LogP contribution is 2.36. The summed E-state index contributed by atoms with van der Waals surface area (Å²) < 4.78 is 9.52. The topological polar surface area (TPSA) is 84.4 Å². The Morgan fingerprint density at radius 3 is 2.63 bits per heavy atom. The minimum atomic E-state index is -0.406. The Bertz CT molecular complexity index is 1250. The molecule has 1 aliphatic heterocycles. The molecule has 8 nitrogen and oxygen atoms in total. The van der Waals surface area contributed by atoms with Gasteiger partial charge in [-0.05, 0) is 38.6 Å². The highest BCUT2D eigenvalue weighted by molar-refractivity contribution is 7.14. The number of likely N-dealkylation sites (N-methyl/N-ethyl adjacent to an activating group) is 1. The number of carbonyl (C=O) groups excluding carboxylic acids is 1. The van der Waals surface area contributed by atoms with Crippen molar-refractivity contribution in [2.24, 2.45) is 12.0 Å². The van der Waals surface area contributed by atoms with Crippen molar-refractivity contribution in [1.82, 2.24) is 20.4 Å². The first-order valence-corrected chi connectivity index (χ1v) is 12.9. The molecule has 2 N–H and O–H groups in total. The Kier molecular flexibility index (Phi) is 8.01. The number of aryl methyl sites for hydroxylation is 3. The van der Waals surface area contributed by atoms with Crippen LogP contribution in [0.2, 0.25) is 5.02 Å². The average molecular weight is 516 g/mol. The van der Waals surface area contributed by atoms with Gasteiger partial charge in [-0.25, -0.2) is 0 Å². The van der Waals surface area contributed by atoms with Crippen LogP contribution in [-0.2, 0) is 16.6 Å². The number of halogens is 1. The number of hydrogen-bond acceptors (Lipinski definition) is 6. The van der Waals surface area contributed by atoms with E-state index in [4.69, 9.17) is 21.3 Å². The van der Waals surface area contributed by atoms with E-state index in [2.05, 4.69) is 34.1 Å². The minimum Gasteiger partial charge on any atom is -0.378 e. The van der Waals surface area contributed by atoms with E-state index >= 15 is 0 Å². The van der Waals surface area contributed by atoms with E-state index in [1.54, 1.807) is 11.3 Å². The highest BCUT2D eigenvalue weighted by atomic mass is 35.5. The molecule has 186 valence electrons. The monoisotopic (exact) mass is 515 g/mol. The van der Waals surface area contributed by atoms with Crippen LogP contribution < -0.4 is 15.2 Å². The molecule has 35 heavy (non-hydrogen) atoms. The fourth-order valence-electron chi connectivity index (χ4n) is 4.31. The molecule has 0 spiro atoms. The van der Waals surface area contributed by atoms with Gasteiger partial charge in [0, 0.05) is 40.6 Å². The van der Waals surface area contributed by atoms with Crippen molar-refractivity contribution in [3.05, 3.63) is 62.5 Å². The summed E-state index contributed by atoms with van der Waals surface area (Å²) in [6.45, 7) is 8.56. The van der Waals surface area contributed by atoms with Crippen molar-refractivity contribution in [2.75, 3.05) is 33.4 Å². The molecule has 0 saturated heterocycles. The Morgan fingerprint density at radius 1 is 1.20 bits per heavy atom. The lowest BCUT2D eigenvalue weighted by atomic mass is 9.99. The molecule has 0 bridgehead atoms. The van der Waals surface area contributed by atoms with E-state index in [1.807, 2.05) is 50.0 Å². The molecule has 0 unspecified atom stereocenters. The summed E-state index contributed by atoms with van der Waals surface area (Å²) in [6, 6.07) is 7.32. The zero-order valence-corrected chi connectivity index (χ0v) is 22.4. The number of aliphatic imine (C=N–C) groups is 1. The summed E-state index contributed by atoms with van der Waals surface area (Å²) in [5.74, 6) is 1.67. The Morgan fingerprint density at radius 2 is 1.91 bits per heavy atom. The van der Waals surface area contributed by atoms with Gasteiger partial charge in [0.05, 0.1) is 38.0 Å². The lowest BCUT2D eigenvalue weighted by Crippen LogP contribution is -2.39. The lowest BCUT2D eigenvalue weighted by molar-refractivity contribution is -0.609. The SMILES string of the molecule is CNCCOCCNC(=O)C[C@@H]1N=C(c2ccc(Cl)cc2)c2c(sc(C)c2C)-[n+]2c(C)nn(C)c21. The molecular formula is C25H32ClN6O2S+. The first-order valence-electron chi connectivity index (χ1n) is 11.7. The number of fused-ring (bicyclic) bond motifs is 3. The van der Waals surface area contributed by atoms with Crippen LogP contribution in [-0.4, -0.2) is 54.8 Å². The zero-order chi connectivity index (χ0) is 25.1. The van der Waals surface area contributed by atoms with Crippen LogP contribution in [0.25, 0.3) is 5.00 Å². The van der Waals surface area contributed by atoms with E-state index in [-0.39, 0.29) is 12.3 Å². The summed E-state index contributed by atoms with van der Waals surface area (Å²) in [6.07, 6.45) is 0.208. The first-order chi connectivity index (χ1) is 16.8. The van der Waals surface area contributed by atoms with Crippen LogP contribution in [0.4, 0.5) is 0 Å². The number of hydrogen-bond donors (Lipinski definition) is 2. The molecule has 0 saturated carbocycles. The second-order valence-corrected chi connectivity index (χ2v) is 10.2. The van der Waals surface area contributed by atoms with E-state index in [0.717, 1.165) is 40.0 Å². The van der Waals surface area contributed by atoms with Crippen molar-refractivity contribution >= 4 is 34.6 Å². The summed E-state index contributed by atoms with van der Waals surface area (Å²) in [5.41, 5.74) is 4.11. The maximum atomic E-state index is 13.0. The second kappa shape index (κ2) is 11.0. The van der Waals surface area contributed by atoms with Crippen molar-refractivity contribution < 1.29 is 14.1 Å². The van der Waals surface area contributed by atoms with Crippen LogP contribution in [0.3, 0.4) is 0 Å². The zero-order valence-electron chi connectivity index (χ0n) is 20.8. The first kappa shape index (κ1) is 25.5. The quantitative estimate of drug-likeness (QED) is 0.339. The van der Waals surface area contributed by atoms with E-state index < -0.39 is 6.04 Å². The largest absolute Gasteiger partial charge is 0.378 e. The van der Waals surface area contributed by atoms with Crippen LogP contribution in [0, 0.1) is 20.8 Å². The van der Waals surface area contributed by atoms with Crippen LogP contribution in [0.1, 0.15) is 45.7 Å². The number of thiophene rings is 1. The average Bonchev–Trinajstić information content (AvgIpc) is 3.22. The van der Waals surface area contributed by atoms with Crippen LogP contribution in [0.5, 0.6) is 0 Å². The van der Waals surface area contributed by atoms with Gasteiger partial charge in [-0.3, -0.25) is 9.79 Å². The number of ether oxygens (including phenoxy) is 1. The van der Waals surface area contributed by atoms with Crippen molar-refractivity contribution in [2.45, 2.75) is 33.2 Å². The number of amides is 1. The fourth-order valence-corrected chi connectivity index (χ4v) is 5.65. The Labute approximate surface area is 215 Å². The molecule has 0 fully saturated rings. The molecule has 1 atom stereocenters. The van der Waals surface area contributed by atoms with Gasteiger partial charge >= 0.3 is 0 Å². The van der Waals surface area contributed by atoms with Gasteiger partial charge in [-0.2, -0.15) is 4.57 Å².